The lowest BCUT2D eigenvalue weighted by Gasteiger charge is -2.24. The topological polar surface area (TPSA) is 92.2 Å². The third kappa shape index (κ3) is 6.77. The molecule has 3 N–H and O–H groups in total. The van der Waals surface area contributed by atoms with Gasteiger partial charge in [-0.15, -0.1) is 0 Å². The van der Waals surface area contributed by atoms with E-state index in [0.717, 1.165) is 54.1 Å². The molecule has 2 heterocycles. The highest BCUT2D eigenvalue weighted by Gasteiger charge is 2.28. The normalized spacial score (nSPS) is 23.3. The molecule has 5 rings (SSSR count). The van der Waals surface area contributed by atoms with Gasteiger partial charge in [0.05, 0.1) is 11.2 Å². The molecule has 3 unspecified atom stereocenters. The fourth-order valence-corrected chi connectivity index (χ4v) is 6.45. The number of nitrogens with zero attached hydrogens (tertiary/aromatic N) is 2. The second-order valence-corrected chi connectivity index (χ2v) is 11.4. The number of carbonyl (C=O) groups is 1. The Morgan fingerprint density at radius 3 is 2.90 bits per heavy atom. The lowest BCUT2D eigenvalue weighted by molar-refractivity contribution is -0.118. The molecule has 2 aliphatic carbocycles. The Hall–Kier alpha value is -3.44. The highest BCUT2D eigenvalue weighted by molar-refractivity contribution is 6.06. The van der Waals surface area contributed by atoms with Crippen LogP contribution in [0, 0.1) is 17.2 Å². The fraction of sp³-hybridized carbons (Fsp3) is 0.412. The molecule has 1 aliphatic heterocycles. The van der Waals surface area contributed by atoms with E-state index in [9.17, 15) is 4.79 Å². The zero-order valence-corrected chi connectivity index (χ0v) is 22.9. The number of benzene rings is 1. The maximum atomic E-state index is 12.7. The average Bonchev–Trinajstić information content (AvgIpc) is 3.25. The average molecular weight is 521 g/mol. The molecule has 1 fully saturated rings. The van der Waals surface area contributed by atoms with E-state index in [-0.39, 0.29) is 18.2 Å². The molecular formula is C34H40N4O. The van der Waals surface area contributed by atoms with Crippen LogP contribution in [0.4, 0.5) is 0 Å². The van der Waals surface area contributed by atoms with E-state index in [1.165, 1.54) is 36.1 Å². The van der Waals surface area contributed by atoms with Gasteiger partial charge in [-0.1, -0.05) is 56.2 Å². The van der Waals surface area contributed by atoms with Crippen molar-refractivity contribution in [3.8, 4) is 0 Å². The molecule has 3 aliphatic rings. The highest BCUT2D eigenvalue weighted by Crippen LogP contribution is 2.36. The second-order valence-electron chi connectivity index (χ2n) is 11.4. The molecule has 0 bridgehead atoms. The number of fused-ring (bicyclic) bond motifs is 1. The number of rotatable bonds is 9. The van der Waals surface area contributed by atoms with Crippen LogP contribution in [0.25, 0.3) is 10.9 Å². The van der Waals surface area contributed by atoms with Crippen molar-refractivity contribution in [3.63, 3.8) is 0 Å². The van der Waals surface area contributed by atoms with Crippen LogP contribution in [0.1, 0.15) is 69.8 Å². The van der Waals surface area contributed by atoms with Gasteiger partial charge >= 0.3 is 0 Å². The number of carbonyl (C=O) groups excluding carboxylic acids is 1. The Balaban J connectivity index is 1.09. The highest BCUT2D eigenvalue weighted by atomic mass is 16.1. The molecule has 5 heteroatoms. The maximum absolute atomic E-state index is 12.7. The number of pyridine rings is 1. The first-order valence-electron chi connectivity index (χ1n) is 14.5. The molecule has 2 aromatic rings. The third-order valence-corrected chi connectivity index (χ3v) is 8.52. The smallest absolute Gasteiger partial charge is 0.138 e. The summed E-state index contributed by atoms with van der Waals surface area (Å²) in [5.41, 5.74) is 13.4. The number of aromatic nitrogens is 1. The van der Waals surface area contributed by atoms with Crippen LogP contribution >= 0.6 is 0 Å². The first-order valence-corrected chi connectivity index (χ1v) is 14.5. The number of ketones is 1. The molecular weight excluding hydrogens is 480 g/mol. The van der Waals surface area contributed by atoms with Gasteiger partial charge < -0.3 is 11.1 Å². The van der Waals surface area contributed by atoms with E-state index >= 15 is 0 Å². The van der Waals surface area contributed by atoms with Crippen LogP contribution in [0.5, 0.6) is 0 Å². The first kappa shape index (κ1) is 27.1. The summed E-state index contributed by atoms with van der Waals surface area (Å²) >= 11 is 0. The number of hydrogen-bond donors (Lipinski definition) is 2. The molecule has 202 valence electrons. The van der Waals surface area contributed by atoms with Gasteiger partial charge in [-0.3, -0.25) is 14.8 Å². The van der Waals surface area contributed by atoms with Crippen LogP contribution < -0.4 is 5.73 Å². The molecule has 0 saturated heterocycles. The number of aliphatic imine (C=N–C) groups is 1. The van der Waals surface area contributed by atoms with Crippen molar-refractivity contribution in [2.24, 2.45) is 22.6 Å². The summed E-state index contributed by atoms with van der Waals surface area (Å²) < 4.78 is 0. The maximum Gasteiger partial charge on any atom is 0.138 e. The number of nitrogens with two attached hydrogens (primary N) is 1. The standard InChI is InChI=1S/C34H40N4O/c1-23-17-19-38-34(31-16-15-27(35)22-32(23)31)25-8-2-6-24(13-14-25)7-3-10-29(39)21-28(36)20-26-9-4-12-33-30(26)11-5-18-37-33/h4-5,9,11-12,15-19,24-25,27,36H,1-3,6-8,10,13-14,20-22,35H2. The first-order chi connectivity index (χ1) is 19.0. The van der Waals surface area contributed by atoms with E-state index in [1.54, 1.807) is 6.20 Å². The summed E-state index contributed by atoms with van der Waals surface area (Å²) in [5, 5.41) is 9.50. The molecule has 1 aromatic heterocycles. The number of allylic oxidation sites excluding steroid dienone is 4. The quantitative estimate of drug-likeness (QED) is 0.270. The van der Waals surface area contributed by atoms with Crippen molar-refractivity contribution < 1.29 is 4.79 Å². The van der Waals surface area contributed by atoms with Gasteiger partial charge in [0.2, 0.25) is 0 Å². The van der Waals surface area contributed by atoms with Crippen molar-refractivity contribution in [2.75, 3.05) is 0 Å². The summed E-state index contributed by atoms with van der Waals surface area (Å²) in [6.45, 7) is 4.25. The predicted molar refractivity (Wildman–Crippen MR) is 161 cm³/mol. The van der Waals surface area contributed by atoms with Crippen LogP contribution in [0.2, 0.25) is 0 Å². The number of hydrogen-bond acceptors (Lipinski definition) is 5. The van der Waals surface area contributed by atoms with Gasteiger partial charge in [0.25, 0.3) is 0 Å². The lowest BCUT2D eigenvalue weighted by Crippen LogP contribution is -2.25. The SMILES string of the molecule is C=C1C=CN=C(C2CCCC(CCCC(=O)CC(=N)Cc3cccc4ncccc34)CC2)C2=C1CC(N)C=C2. The minimum atomic E-state index is 0.0497. The van der Waals surface area contributed by atoms with E-state index in [0.29, 0.717) is 30.4 Å². The molecule has 0 amide bonds. The summed E-state index contributed by atoms with van der Waals surface area (Å²) in [4.78, 5) is 22.0. The summed E-state index contributed by atoms with van der Waals surface area (Å²) in [7, 11) is 0. The van der Waals surface area contributed by atoms with Crippen molar-refractivity contribution in [3.05, 3.63) is 89.8 Å². The Morgan fingerprint density at radius 2 is 2.00 bits per heavy atom. The molecule has 39 heavy (non-hydrogen) atoms. The van der Waals surface area contributed by atoms with Crippen LogP contribution in [0.15, 0.2) is 89.2 Å². The Labute approximate surface area is 232 Å². The predicted octanol–water partition coefficient (Wildman–Crippen LogP) is 7.23. The van der Waals surface area contributed by atoms with Crippen molar-refractivity contribution >= 4 is 28.1 Å². The monoisotopic (exact) mass is 520 g/mol. The van der Waals surface area contributed by atoms with Crippen molar-refractivity contribution in [1.82, 2.24) is 4.98 Å². The van der Waals surface area contributed by atoms with Crippen LogP contribution in [0.3, 0.4) is 0 Å². The van der Waals surface area contributed by atoms with E-state index < -0.39 is 0 Å². The molecule has 1 saturated carbocycles. The van der Waals surface area contributed by atoms with Gasteiger partial charge in [-0.25, -0.2) is 0 Å². The second kappa shape index (κ2) is 12.6. The Morgan fingerprint density at radius 1 is 1.10 bits per heavy atom. The summed E-state index contributed by atoms with van der Waals surface area (Å²) in [6, 6.07) is 10.0. The Bertz CT molecular complexity index is 1370. The van der Waals surface area contributed by atoms with E-state index in [2.05, 4.69) is 23.7 Å². The van der Waals surface area contributed by atoms with Crippen LogP contribution in [-0.4, -0.2) is 28.2 Å². The van der Waals surface area contributed by atoms with E-state index in [4.69, 9.17) is 16.1 Å². The third-order valence-electron chi connectivity index (χ3n) is 8.52. The summed E-state index contributed by atoms with van der Waals surface area (Å²) in [6.07, 6.45) is 20.0. The molecule has 0 spiro atoms. The van der Waals surface area contributed by atoms with Crippen molar-refractivity contribution in [1.29, 1.82) is 5.41 Å². The van der Waals surface area contributed by atoms with E-state index in [1.807, 2.05) is 42.6 Å². The fourth-order valence-electron chi connectivity index (χ4n) is 6.45. The summed E-state index contributed by atoms with van der Waals surface area (Å²) in [5.74, 6) is 1.30. The van der Waals surface area contributed by atoms with Crippen LogP contribution in [-0.2, 0) is 11.2 Å². The molecule has 3 atom stereocenters. The molecule has 5 nitrogen and oxygen atoms in total. The zero-order valence-electron chi connectivity index (χ0n) is 22.9. The largest absolute Gasteiger partial charge is 0.324 e. The molecule has 0 radical (unpaired) electrons. The minimum absolute atomic E-state index is 0.0497. The van der Waals surface area contributed by atoms with Gasteiger partial charge in [0.15, 0.2) is 0 Å². The lowest BCUT2D eigenvalue weighted by atomic mass is 9.82. The number of Topliss-reactive ketones (excluding diaryl/α,β-unsaturated/α-hetero) is 1. The Kier molecular flexibility index (Phi) is 8.77. The van der Waals surface area contributed by atoms with Gasteiger partial charge in [-0.05, 0) is 78.5 Å². The van der Waals surface area contributed by atoms with Gasteiger partial charge in [0, 0.05) is 54.7 Å². The molecule has 1 aromatic carbocycles. The minimum Gasteiger partial charge on any atom is -0.324 e. The zero-order chi connectivity index (χ0) is 27.2. The van der Waals surface area contributed by atoms with Gasteiger partial charge in [-0.2, -0.15) is 0 Å². The number of nitrogens with one attached hydrogen (secondary N) is 1. The van der Waals surface area contributed by atoms with Gasteiger partial charge in [0.1, 0.15) is 5.78 Å². The van der Waals surface area contributed by atoms with Crippen molar-refractivity contribution in [2.45, 2.75) is 76.7 Å².